The molecule has 0 amide bonds. The molecule has 1 aliphatic rings. The summed E-state index contributed by atoms with van der Waals surface area (Å²) in [6, 6.07) is 5.80. The minimum Gasteiger partial charge on any atom is -0.480 e. The van der Waals surface area contributed by atoms with E-state index in [4.69, 9.17) is 5.11 Å². The zero-order chi connectivity index (χ0) is 14.9. The molecule has 1 atom stereocenters. The van der Waals surface area contributed by atoms with Crippen LogP contribution in [0.25, 0.3) is 0 Å². The van der Waals surface area contributed by atoms with Crippen LogP contribution in [0.4, 0.5) is 0 Å². The van der Waals surface area contributed by atoms with Crippen LogP contribution in [0.15, 0.2) is 29.2 Å². The minimum atomic E-state index is -3.74. The van der Waals surface area contributed by atoms with E-state index in [-0.39, 0.29) is 17.4 Å². The molecule has 20 heavy (non-hydrogen) atoms. The summed E-state index contributed by atoms with van der Waals surface area (Å²) in [7, 11) is -3.74. The summed E-state index contributed by atoms with van der Waals surface area (Å²) in [6.45, 7) is 4.24. The predicted octanol–water partition coefficient (Wildman–Crippen LogP) is 2.05. The van der Waals surface area contributed by atoms with E-state index >= 15 is 0 Å². The molecule has 0 spiro atoms. The van der Waals surface area contributed by atoms with Gasteiger partial charge in [0.15, 0.2) is 0 Å². The molecule has 1 N–H and O–H groups in total. The van der Waals surface area contributed by atoms with Crippen LogP contribution in [-0.4, -0.2) is 36.4 Å². The van der Waals surface area contributed by atoms with Gasteiger partial charge in [0.2, 0.25) is 10.0 Å². The lowest BCUT2D eigenvalue weighted by molar-refractivity contribution is -0.140. The lowest BCUT2D eigenvalue weighted by atomic mass is 10.0. The maximum Gasteiger partial charge on any atom is 0.322 e. The minimum absolute atomic E-state index is 0.178. The fourth-order valence-corrected chi connectivity index (χ4v) is 4.15. The smallest absolute Gasteiger partial charge is 0.322 e. The van der Waals surface area contributed by atoms with Crippen LogP contribution in [-0.2, 0) is 14.8 Å². The summed E-state index contributed by atoms with van der Waals surface area (Å²) in [5, 5.41) is 9.13. The Hall–Kier alpha value is -1.40. The van der Waals surface area contributed by atoms with Gasteiger partial charge in [-0.25, -0.2) is 8.42 Å². The molecule has 0 saturated carbocycles. The monoisotopic (exact) mass is 297 g/mol. The third kappa shape index (κ3) is 2.71. The van der Waals surface area contributed by atoms with Gasteiger partial charge >= 0.3 is 5.97 Å². The van der Waals surface area contributed by atoms with Crippen LogP contribution in [0, 0.1) is 0 Å². The van der Waals surface area contributed by atoms with Crippen LogP contribution in [0.1, 0.15) is 38.2 Å². The lowest BCUT2D eigenvalue weighted by Crippen LogP contribution is -2.40. The van der Waals surface area contributed by atoms with Gasteiger partial charge in [0.05, 0.1) is 4.90 Å². The van der Waals surface area contributed by atoms with Gasteiger partial charge in [-0.3, -0.25) is 4.79 Å². The number of sulfonamides is 1. The fraction of sp³-hybridized carbons (Fsp3) is 0.500. The maximum absolute atomic E-state index is 12.6. The summed E-state index contributed by atoms with van der Waals surface area (Å²) in [4.78, 5) is 11.3. The molecule has 6 heteroatoms. The molecule has 0 aromatic heterocycles. The summed E-state index contributed by atoms with van der Waals surface area (Å²) in [6.07, 6.45) is 0.957. The Labute approximate surface area is 119 Å². The number of carboxylic acid groups (broad SMARTS) is 1. The van der Waals surface area contributed by atoms with Crippen molar-refractivity contribution in [2.75, 3.05) is 6.54 Å². The average molecular weight is 297 g/mol. The number of carboxylic acids is 1. The molecular formula is C14H19NO4S. The summed E-state index contributed by atoms with van der Waals surface area (Å²) in [5.41, 5.74) is 0.928. The number of aliphatic carboxylic acids is 1. The number of benzene rings is 1. The van der Waals surface area contributed by atoms with Crippen LogP contribution in [0.5, 0.6) is 0 Å². The Morgan fingerprint density at radius 3 is 2.70 bits per heavy atom. The van der Waals surface area contributed by atoms with Gasteiger partial charge in [-0.2, -0.15) is 4.31 Å². The van der Waals surface area contributed by atoms with Gasteiger partial charge in [0.1, 0.15) is 6.04 Å². The van der Waals surface area contributed by atoms with E-state index in [1.807, 2.05) is 19.9 Å². The number of nitrogens with zero attached hydrogens (tertiary/aromatic N) is 1. The Kier molecular flexibility index (Phi) is 4.15. The van der Waals surface area contributed by atoms with Gasteiger partial charge in [0, 0.05) is 6.54 Å². The molecule has 1 saturated heterocycles. The molecular weight excluding hydrogens is 278 g/mol. The highest BCUT2D eigenvalue weighted by atomic mass is 32.2. The van der Waals surface area contributed by atoms with E-state index in [2.05, 4.69) is 0 Å². The first-order valence-electron chi connectivity index (χ1n) is 6.68. The first kappa shape index (κ1) is 15.0. The maximum atomic E-state index is 12.6. The number of rotatable bonds is 4. The zero-order valence-corrected chi connectivity index (χ0v) is 12.4. The molecule has 0 aliphatic carbocycles. The van der Waals surface area contributed by atoms with E-state index in [1.54, 1.807) is 12.1 Å². The summed E-state index contributed by atoms with van der Waals surface area (Å²) in [5.74, 6) is -0.856. The van der Waals surface area contributed by atoms with E-state index in [0.29, 0.717) is 12.8 Å². The quantitative estimate of drug-likeness (QED) is 0.923. The highest BCUT2D eigenvalue weighted by Crippen LogP contribution is 2.27. The van der Waals surface area contributed by atoms with Crippen molar-refractivity contribution in [3.05, 3.63) is 29.8 Å². The van der Waals surface area contributed by atoms with E-state index < -0.39 is 22.0 Å². The van der Waals surface area contributed by atoms with Gasteiger partial charge < -0.3 is 5.11 Å². The van der Waals surface area contributed by atoms with E-state index in [0.717, 1.165) is 9.87 Å². The highest BCUT2D eigenvalue weighted by Gasteiger charge is 2.39. The molecule has 1 fully saturated rings. The summed E-state index contributed by atoms with van der Waals surface area (Å²) < 4.78 is 26.3. The first-order valence-corrected chi connectivity index (χ1v) is 8.12. The third-order valence-electron chi connectivity index (χ3n) is 3.62. The zero-order valence-electron chi connectivity index (χ0n) is 11.6. The van der Waals surface area contributed by atoms with Crippen LogP contribution in [0.3, 0.4) is 0 Å². The second-order valence-electron chi connectivity index (χ2n) is 5.34. The van der Waals surface area contributed by atoms with Gasteiger partial charge in [-0.05, 0) is 36.5 Å². The lowest BCUT2D eigenvalue weighted by Gasteiger charge is -2.21. The van der Waals surface area contributed by atoms with E-state index in [1.165, 1.54) is 6.07 Å². The largest absolute Gasteiger partial charge is 0.480 e. The van der Waals surface area contributed by atoms with Gasteiger partial charge in [-0.1, -0.05) is 26.0 Å². The molecule has 110 valence electrons. The highest BCUT2D eigenvalue weighted by molar-refractivity contribution is 7.89. The summed E-state index contributed by atoms with van der Waals surface area (Å²) >= 11 is 0. The van der Waals surface area contributed by atoms with Crippen molar-refractivity contribution >= 4 is 16.0 Å². The average Bonchev–Trinajstić information content (AvgIpc) is 2.89. The van der Waals surface area contributed by atoms with Crippen LogP contribution in [0.2, 0.25) is 0 Å². The van der Waals surface area contributed by atoms with Crippen molar-refractivity contribution < 1.29 is 18.3 Å². The SMILES string of the molecule is CC(C)c1cccc(S(=O)(=O)N2CCCC2C(=O)O)c1. The van der Waals surface area contributed by atoms with Crippen molar-refractivity contribution in [1.82, 2.24) is 4.31 Å². The third-order valence-corrected chi connectivity index (χ3v) is 5.52. The van der Waals surface area contributed by atoms with Crippen molar-refractivity contribution in [2.24, 2.45) is 0 Å². The Morgan fingerprint density at radius 1 is 1.40 bits per heavy atom. The fourth-order valence-electron chi connectivity index (χ4n) is 2.44. The molecule has 1 aromatic rings. The van der Waals surface area contributed by atoms with Crippen molar-refractivity contribution in [3.8, 4) is 0 Å². The van der Waals surface area contributed by atoms with E-state index in [9.17, 15) is 13.2 Å². The molecule has 1 aromatic carbocycles. The first-order chi connectivity index (χ1) is 9.34. The van der Waals surface area contributed by atoms with Gasteiger partial charge in [-0.15, -0.1) is 0 Å². The molecule has 1 unspecified atom stereocenters. The molecule has 1 aliphatic heterocycles. The molecule has 1 heterocycles. The standard InChI is InChI=1S/C14H19NO4S/c1-10(2)11-5-3-6-12(9-11)20(18,19)15-8-4-7-13(15)14(16)17/h3,5-6,9-10,13H,4,7-8H2,1-2H3,(H,16,17). The van der Waals surface area contributed by atoms with Gasteiger partial charge in [0.25, 0.3) is 0 Å². The number of hydrogen-bond acceptors (Lipinski definition) is 3. The normalized spacial score (nSPS) is 20.4. The van der Waals surface area contributed by atoms with Crippen LogP contribution < -0.4 is 0 Å². The molecule has 2 rings (SSSR count). The van der Waals surface area contributed by atoms with Crippen LogP contribution >= 0.6 is 0 Å². The van der Waals surface area contributed by atoms with Crippen molar-refractivity contribution in [3.63, 3.8) is 0 Å². The topological polar surface area (TPSA) is 74.7 Å². The molecule has 0 bridgehead atoms. The second kappa shape index (κ2) is 5.54. The second-order valence-corrected chi connectivity index (χ2v) is 7.23. The van der Waals surface area contributed by atoms with Crippen molar-refractivity contribution in [2.45, 2.75) is 43.5 Å². The molecule has 5 nitrogen and oxygen atoms in total. The predicted molar refractivity (Wildman–Crippen MR) is 75.1 cm³/mol. The number of hydrogen-bond donors (Lipinski definition) is 1. The Balaban J connectivity index is 2.40. The molecule has 0 radical (unpaired) electrons. The number of carbonyl (C=O) groups is 1. The van der Waals surface area contributed by atoms with Crippen molar-refractivity contribution in [1.29, 1.82) is 0 Å². The Bertz CT molecular complexity index is 609. The Morgan fingerprint density at radius 2 is 2.10 bits per heavy atom.